The zero-order valence-corrected chi connectivity index (χ0v) is 18.8. The van der Waals surface area contributed by atoms with E-state index in [1.807, 2.05) is 6.92 Å². The Bertz CT molecular complexity index is 740. The number of nitrogens with one attached hydrogen (secondary N) is 1. The molecule has 0 unspecified atom stereocenters. The number of halogens is 1. The molecule has 1 aliphatic rings. The third-order valence-electron chi connectivity index (χ3n) is 5.36. The number of carbonyl (C=O) groups excluding carboxylic acids is 2. The van der Waals surface area contributed by atoms with E-state index in [0.717, 1.165) is 31.2 Å². The minimum absolute atomic E-state index is 0.124. The largest absolute Gasteiger partial charge is 0.496 e. The van der Waals surface area contributed by atoms with Crippen LogP contribution in [-0.2, 0) is 14.3 Å². The van der Waals surface area contributed by atoms with Crippen molar-refractivity contribution in [1.29, 1.82) is 0 Å². The van der Waals surface area contributed by atoms with Crippen molar-refractivity contribution in [2.45, 2.75) is 84.0 Å². The van der Waals surface area contributed by atoms with Gasteiger partial charge in [0.1, 0.15) is 29.3 Å². The Balaban J connectivity index is 2.14. The molecule has 7 heteroatoms. The van der Waals surface area contributed by atoms with E-state index in [4.69, 9.17) is 14.2 Å². The first-order chi connectivity index (χ1) is 14.0. The highest BCUT2D eigenvalue weighted by Gasteiger charge is 2.35. The van der Waals surface area contributed by atoms with E-state index >= 15 is 0 Å². The van der Waals surface area contributed by atoms with E-state index in [2.05, 4.69) is 5.32 Å². The van der Waals surface area contributed by atoms with Gasteiger partial charge in [0, 0.05) is 17.5 Å². The van der Waals surface area contributed by atoms with Gasteiger partial charge in [0.2, 0.25) is 0 Å². The number of carbonyl (C=O) groups is 2. The molecule has 0 radical (unpaired) electrons. The predicted octanol–water partition coefficient (Wildman–Crippen LogP) is 4.95. The van der Waals surface area contributed by atoms with Crippen LogP contribution in [0.2, 0.25) is 0 Å². The maximum absolute atomic E-state index is 13.7. The molecule has 0 saturated heterocycles. The molecule has 168 valence electrons. The van der Waals surface area contributed by atoms with Gasteiger partial charge in [-0.3, -0.25) is 0 Å². The molecule has 30 heavy (non-hydrogen) atoms. The number of esters is 1. The molecule has 3 atom stereocenters. The molecule has 1 saturated carbocycles. The molecule has 1 aromatic carbocycles. The van der Waals surface area contributed by atoms with Gasteiger partial charge in [-0.25, -0.2) is 14.0 Å². The first-order valence-electron chi connectivity index (χ1n) is 10.5. The second-order valence-electron chi connectivity index (χ2n) is 8.97. The highest BCUT2D eigenvalue weighted by Crippen LogP contribution is 2.43. The average molecular weight is 424 g/mol. The van der Waals surface area contributed by atoms with Crippen molar-refractivity contribution >= 4 is 12.1 Å². The van der Waals surface area contributed by atoms with Crippen LogP contribution in [0.15, 0.2) is 18.2 Å². The highest BCUT2D eigenvalue weighted by atomic mass is 19.1. The average Bonchev–Trinajstić information content (AvgIpc) is 3.15. The number of hydrogen-bond acceptors (Lipinski definition) is 5. The Labute approximate surface area is 178 Å². The molecule has 1 aliphatic carbocycles. The molecule has 0 heterocycles. The fourth-order valence-electron chi connectivity index (χ4n) is 4.07. The Morgan fingerprint density at radius 1 is 1.17 bits per heavy atom. The number of methoxy groups -OCH3 is 1. The predicted molar refractivity (Wildman–Crippen MR) is 112 cm³/mol. The third-order valence-corrected chi connectivity index (χ3v) is 5.36. The smallest absolute Gasteiger partial charge is 0.408 e. The van der Waals surface area contributed by atoms with Gasteiger partial charge < -0.3 is 19.5 Å². The molecule has 0 aromatic heterocycles. The number of hydrogen-bond donors (Lipinski definition) is 1. The minimum Gasteiger partial charge on any atom is -0.496 e. The maximum atomic E-state index is 13.7. The Morgan fingerprint density at radius 2 is 1.80 bits per heavy atom. The van der Waals surface area contributed by atoms with Gasteiger partial charge in [-0.05, 0) is 59.4 Å². The van der Waals surface area contributed by atoms with E-state index in [1.54, 1.807) is 33.8 Å². The Kier molecular flexibility index (Phi) is 8.10. The summed E-state index contributed by atoms with van der Waals surface area (Å²) in [6.07, 6.45) is 3.11. The summed E-state index contributed by atoms with van der Waals surface area (Å²) >= 11 is 0. The summed E-state index contributed by atoms with van der Waals surface area (Å²) in [5.41, 5.74) is 0.173. The van der Waals surface area contributed by atoms with Crippen LogP contribution < -0.4 is 10.1 Å². The molecule has 2 rings (SSSR count). The van der Waals surface area contributed by atoms with Crippen LogP contribution in [0.4, 0.5) is 9.18 Å². The molecule has 1 amide bonds. The molecule has 0 aliphatic heterocycles. The second kappa shape index (κ2) is 10.1. The van der Waals surface area contributed by atoms with Gasteiger partial charge in [0.15, 0.2) is 0 Å². The molecular weight excluding hydrogens is 389 g/mol. The summed E-state index contributed by atoms with van der Waals surface area (Å²) in [5, 5.41) is 2.51. The van der Waals surface area contributed by atoms with Crippen LogP contribution in [0.3, 0.4) is 0 Å². The fourth-order valence-corrected chi connectivity index (χ4v) is 4.07. The molecule has 6 nitrogen and oxygen atoms in total. The topological polar surface area (TPSA) is 73.9 Å². The van der Waals surface area contributed by atoms with Crippen LogP contribution in [0, 0.1) is 11.7 Å². The second-order valence-corrected chi connectivity index (χ2v) is 8.97. The quantitative estimate of drug-likeness (QED) is 0.628. The fraction of sp³-hybridized carbons (Fsp3) is 0.652. The number of benzene rings is 1. The number of ether oxygens (including phenoxy) is 3. The molecule has 0 bridgehead atoms. The first-order valence-corrected chi connectivity index (χ1v) is 10.5. The lowest BCUT2D eigenvalue weighted by Gasteiger charge is -2.31. The van der Waals surface area contributed by atoms with Crippen molar-refractivity contribution in [1.82, 2.24) is 5.32 Å². The van der Waals surface area contributed by atoms with Crippen molar-refractivity contribution in [3.63, 3.8) is 0 Å². The molecule has 1 N–H and O–H groups in total. The van der Waals surface area contributed by atoms with Crippen LogP contribution in [0.25, 0.3) is 0 Å². The number of rotatable bonds is 7. The van der Waals surface area contributed by atoms with E-state index in [1.165, 1.54) is 19.2 Å². The van der Waals surface area contributed by atoms with Gasteiger partial charge in [0.25, 0.3) is 0 Å². The first kappa shape index (κ1) is 24.0. The number of amides is 1. The van der Waals surface area contributed by atoms with Crippen molar-refractivity contribution in [2.75, 3.05) is 7.11 Å². The van der Waals surface area contributed by atoms with Gasteiger partial charge in [0.05, 0.1) is 7.11 Å². The van der Waals surface area contributed by atoms with Crippen molar-refractivity contribution < 1.29 is 28.2 Å². The summed E-state index contributed by atoms with van der Waals surface area (Å²) in [5.74, 6) is -0.283. The monoisotopic (exact) mass is 423 g/mol. The van der Waals surface area contributed by atoms with Crippen molar-refractivity contribution in [3.8, 4) is 5.75 Å². The third kappa shape index (κ3) is 6.61. The van der Waals surface area contributed by atoms with Gasteiger partial charge in [-0.15, -0.1) is 0 Å². The molecular formula is C23H34FNO5. The lowest BCUT2D eigenvalue weighted by atomic mass is 9.80. The molecule has 1 aromatic rings. The van der Waals surface area contributed by atoms with Gasteiger partial charge in [-0.1, -0.05) is 18.9 Å². The van der Waals surface area contributed by atoms with Crippen LogP contribution >= 0.6 is 0 Å². The lowest BCUT2D eigenvalue weighted by molar-refractivity contribution is -0.152. The maximum Gasteiger partial charge on any atom is 0.408 e. The SMILES string of the molecule is COc1cc(F)ccc1[C@H](C1CCCC1)[C@H](C)OC(=O)[C@H](C)NC(=O)OC(C)(C)C. The van der Waals surface area contributed by atoms with E-state index in [9.17, 15) is 14.0 Å². The highest BCUT2D eigenvalue weighted by molar-refractivity contribution is 5.81. The lowest BCUT2D eigenvalue weighted by Crippen LogP contribution is -2.43. The van der Waals surface area contributed by atoms with Crippen LogP contribution in [0.1, 0.15) is 71.8 Å². The molecule has 0 spiro atoms. The summed E-state index contributed by atoms with van der Waals surface area (Å²) in [4.78, 5) is 24.6. The Morgan fingerprint density at radius 3 is 2.37 bits per heavy atom. The minimum atomic E-state index is -0.860. The van der Waals surface area contributed by atoms with E-state index < -0.39 is 29.8 Å². The zero-order chi connectivity index (χ0) is 22.5. The summed E-state index contributed by atoms with van der Waals surface area (Å²) in [6.45, 7) is 8.64. The van der Waals surface area contributed by atoms with Gasteiger partial charge in [-0.2, -0.15) is 0 Å². The summed E-state index contributed by atoms with van der Waals surface area (Å²) < 4.78 is 30.1. The van der Waals surface area contributed by atoms with E-state index in [0.29, 0.717) is 11.7 Å². The van der Waals surface area contributed by atoms with Crippen molar-refractivity contribution in [2.24, 2.45) is 5.92 Å². The van der Waals surface area contributed by atoms with Crippen LogP contribution in [0.5, 0.6) is 5.75 Å². The zero-order valence-electron chi connectivity index (χ0n) is 18.8. The Hall–Kier alpha value is -2.31. The summed E-state index contributed by atoms with van der Waals surface area (Å²) in [7, 11) is 1.51. The standard InChI is InChI=1S/C23H34FNO5/c1-14(25-22(27)30-23(3,4)5)21(26)29-15(2)20(16-9-7-8-10-16)18-12-11-17(24)13-19(18)28-6/h11-16,20H,7-10H2,1-6H3,(H,25,27)/t14-,15-,20-/m0/s1. The van der Waals surface area contributed by atoms with Crippen LogP contribution in [-0.4, -0.2) is 36.9 Å². The van der Waals surface area contributed by atoms with E-state index in [-0.39, 0.29) is 11.7 Å². The summed E-state index contributed by atoms with van der Waals surface area (Å²) in [6, 6.07) is 3.62. The normalized spacial score (nSPS) is 17.7. The van der Waals surface area contributed by atoms with Gasteiger partial charge >= 0.3 is 12.1 Å². The molecule has 1 fully saturated rings. The number of alkyl carbamates (subject to hydrolysis) is 1. The van der Waals surface area contributed by atoms with Crippen molar-refractivity contribution in [3.05, 3.63) is 29.6 Å².